The first-order chi connectivity index (χ1) is 11.9. The molecule has 0 N–H and O–H groups in total. The largest absolute Gasteiger partial charge is 0.548 e. The van der Waals surface area contributed by atoms with Gasteiger partial charge in [-0.25, -0.2) is 0 Å². The summed E-state index contributed by atoms with van der Waals surface area (Å²) in [5.74, 6) is -0.782. The van der Waals surface area contributed by atoms with E-state index >= 15 is 0 Å². The van der Waals surface area contributed by atoms with Crippen LogP contribution in [0.1, 0.15) is 12.7 Å². The Balaban J connectivity index is 1.86. The van der Waals surface area contributed by atoms with Crippen LogP contribution in [-0.2, 0) is 9.59 Å². The summed E-state index contributed by atoms with van der Waals surface area (Å²) in [7, 11) is 0. The number of thioether (sulfide) groups is 1. The van der Waals surface area contributed by atoms with E-state index in [1.54, 1.807) is 24.3 Å². The van der Waals surface area contributed by atoms with Crippen molar-refractivity contribution in [2.75, 3.05) is 0 Å². The Hall–Kier alpha value is -2.09. The molecule has 128 valence electrons. The number of rotatable bonds is 4. The molecular formula is C17H11ClNO4S2-. The first kappa shape index (κ1) is 17.7. The smallest absolute Gasteiger partial charge is 0.266 e. The molecule has 2 aromatic rings. The minimum atomic E-state index is -1.36. The summed E-state index contributed by atoms with van der Waals surface area (Å²) >= 11 is 12.1. The number of carbonyl (C=O) groups excluding carboxylic acids is 2. The lowest BCUT2D eigenvalue weighted by molar-refractivity contribution is -0.309. The number of carboxylic acids is 1. The third-order valence-electron chi connectivity index (χ3n) is 3.56. The summed E-state index contributed by atoms with van der Waals surface area (Å²) < 4.78 is 5.90. The van der Waals surface area contributed by atoms with Gasteiger partial charge < -0.3 is 14.3 Å². The Morgan fingerprint density at radius 3 is 2.84 bits per heavy atom. The second-order valence-electron chi connectivity index (χ2n) is 5.26. The number of hydrogen-bond acceptors (Lipinski definition) is 6. The van der Waals surface area contributed by atoms with E-state index in [4.69, 9.17) is 28.2 Å². The summed E-state index contributed by atoms with van der Waals surface area (Å²) in [5, 5.41) is 11.6. The van der Waals surface area contributed by atoms with Crippen LogP contribution >= 0.6 is 35.6 Å². The van der Waals surface area contributed by atoms with Crippen molar-refractivity contribution in [3.05, 3.63) is 52.1 Å². The summed E-state index contributed by atoms with van der Waals surface area (Å²) in [6, 6.07) is 9.55. The Labute approximate surface area is 158 Å². The average Bonchev–Trinajstić information content (AvgIpc) is 3.12. The summed E-state index contributed by atoms with van der Waals surface area (Å²) in [5.41, 5.74) is 0.810. The van der Waals surface area contributed by atoms with Crippen LogP contribution in [0.2, 0.25) is 5.02 Å². The molecule has 1 saturated heterocycles. The molecule has 0 bridgehead atoms. The molecule has 1 atom stereocenters. The molecule has 0 aliphatic carbocycles. The van der Waals surface area contributed by atoms with Crippen LogP contribution in [0.3, 0.4) is 0 Å². The number of carbonyl (C=O) groups is 2. The van der Waals surface area contributed by atoms with Crippen molar-refractivity contribution in [1.29, 1.82) is 0 Å². The van der Waals surface area contributed by atoms with Crippen molar-refractivity contribution < 1.29 is 19.1 Å². The van der Waals surface area contributed by atoms with E-state index in [2.05, 4.69) is 0 Å². The minimum Gasteiger partial charge on any atom is -0.548 e. The summed E-state index contributed by atoms with van der Waals surface area (Å²) in [6.07, 6.45) is 1.54. The van der Waals surface area contributed by atoms with Crippen molar-refractivity contribution in [2.45, 2.75) is 13.0 Å². The fourth-order valence-electron chi connectivity index (χ4n) is 2.28. The van der Waals surface area contributed by atoms with Crippen molar-refractivity contribution in [3.8, 4) is 11.3 Å². The lowest BCUT2D eigenvalue weighted by atomic mass is 10.2. The van der Waals surface area contributed by atoms with Gasteiger partial charge in [0.05, 0.1) is 16.9 Å². The molecule has 1 unspecified atom stereocenters. The normalized spacial score (nSPS) is 17.4. The SMILES string of the molecule is CC(C(=O)[O-])N1C(=O)/C(=C/c2ccc(-c3cccc(Cl)c3)o2)SC1=S. The quantitative estimate of drug-likeness (QED) is 0.588. The maximum atomic E-state index is 12.4. The van der Waals surface area contributed by atoms with Crippen molar-refractivity contribution in [2.24, 2.45) is 0 Å². The zero-order chi connectivity index (χ0) is 18.1. The zero-order valence-corrected chi connectivity index (χ0v) is 15.3. The highest BCUT2D eigenvalue weighted by atomic mass is 35.5. The second-order valence-corrected chi connectivity index (χ2v) is 7.37. The maximum Gasteiger partial charge on any atom is 0.266 e. The molecule has 0 saturated carbocycles. The highest BCUT2D eigenvalue weighted by Crippen LogP contribution is 2.35. The predicted molar refractivity (Wildman–Crippen MR) is 98.6 cm³/mol. The minimum absolute atomic E-state index is 0.176. The molecule has 3 rings (SSSR count). The van der Waals surface area contributed by atoms with Gasteiger partial charge in [0.25, 0.3) is 5.91 Å². The Bertz CT molecular complexity index is 906. The standard InChI is InChI=1S/C17H12ClNO4S2/c1-9(16(21)22)19-15(20)14(25-17(19)24)8-12-5-6-13(23-12)10-3-2-4-11(18)7-10/h2-9H,1H3,(H,21,22)/p-1/b14-8-. The number of aliphatic carboxylic acids is 1. The van der Waals surface area contributed by atoms with E-state index < -0.39 is 17.9 Å². The molecule has 25 heavy (non-hydrogen) atoms. The van der Waals surface area contributed by atoms with E-state index in [0.29, 0.717) is 21.4 Å². The monoisotopic (exact) mass is 392 g/mol. The lowest BCUT2D eigenvalue weighted by Gasteiger charge is -2.23. The van der Waals surface area contributed by atoms with Crippen LogP contribution in [-0.4, -0.2) is 27.1 Å². The van der Waals surface area contributed by atoms with Gasteiger partial charge in [-0.15, -0.1) is 0 Å². The number of benzene rings is 1. The van der Waals surface area contributed by atoms with Gasteiger partial charge in [0.15, 0.2) is 0 Å². The molecule has 0 spiro atoms. The number of halogens is 1. The fourth-order valence-corrected chi connectivity index (χ4v) is 3.86. The third kappa shape index (κ3) is 3.63. The first-order valence-electron chi connectivity index (χ1n) is 7.20. The molecule has 1 aromatic heterocycles. The molecule has 0 radical (unpaired) electrons. The predicted octanol–water partition coefficient (Wildman–Crippen LogP) is 2.94. The van der Waals surface area contributed by atoms with E-state index in [0.717, 1.165) is 22.2 Å². The van der Waals surface area contributed by atoms with Gasteiger partial charge in [-0.05, 0) is 31.2 Å². The number of thiocarbonyl (C=S) groups is 1. The number of furan rings is 1. The number of carboxylic acid groups (broad SMARTS) is 1. The molecule has 1 aliphatic heterocycles. The highest BCUT2D eigenvalue weighted by molar-refractivity contribution is 8.26. The topological polar surface area (TPSA) is 73.6 Å². The lowest BCUT2D eigenvalue weighted by Crippen LogP contribution is -2.48. The Morgan fingerprint density at radius 2 is 2.16 bits per heavy atom. The van der Waals surface area contributed by atoms with Crippen LogP contribution < -0.4 is 5.11 Å². The van der Waals surface area contributed by atoms with E-state index in [1.807, 2.05) is 12.1 Å². The average molecular weight is 393 g/mol. The van der Waals surface area contributed by atoms with E-state index in [9.17, 15) is 14.7 Å². The summed E-state index contributed by atoms with van der Waals surface area (Å²) in [6.45, 7) is 1.35. The van der Waals surface area contributed by atoms with Crippen LogP contribution in [0.15, 0.2) is 45.7 Å². The van der Waals surface area contributed by atoms with Gasteiger partial charge in [-0.3, -0.25) is 9.69 Å². The number of nitrogens with zero attached hydrogens (tertiary/aromatic N) is 1. The van der Waals surface area contributed by atoms with E-state index in [1.165, 1.54) is 13.0 Å². The molecule has 8 heteroatoms. The Morgan fingerprint density at radius 1 is 1.40 bits per heavy atom. The third-order valence-corrected chi connectivity index (χ3v) is 5.13. The summed E-state index contributed by atoms with van der Waals surface area (Å²) in [4.78, 5) is 24.7. The van der Waals surface area contributed by atoms with Gasteiger partial charge in [0.1, 0.15) is 15.8 Å². The molecule has 1 aromatic carbocycles. The van der Waals surface area contributed by atoms with Gasteiger partial charge in [-0.1, -0.05) is 47.7 Å². The molecular weight excluding hydrogens is 382 g/mol. The second kappa shape index (κ2) is 7.03. The van der Waals surface area contributed by atoms with Crippen LogP contribution in [0.5, 0.6) is 0 Å². The van der Waals surface area contributed by atoms with Crippen molar-refractivity contribution in [1.82, 2.24) is 4.90 Å². The van der Waals surface area contributed by atoms with E-state index in [-0.39, 0.29) is 4.32 Å². The van der Waals surface area contributed by atoms with Gasteiger partial charge in [0, 0.05) is 16.7 Å². The van der Waals surface area contributed by atoms with Crippen LogP contribution in [0.4, 0.5) is 0 Å². The van der Waals surface area contributed by atoms with Gasteiger partial charge >= 0.3 is 0 Å². The zero-order valence-electron chi connectivity index (χ0n) is 12.9. The maximum absolute atomic E-state index is 12.4. The molecule has 2 heterocycles. The fraction of sp³-hybridized carbons (Fsp3) is 0.118. The molecule has 1 aliphatic rings. The van der Waals surface area contributed by atoms with Crippen LogP contribution in [0.25, 0.3) is 17.4 Å². The van der Waals surface area contributed by atoms with Gasteiger partial charge in [0.2, 0.25) is 0 Å². The van der Waals surface area contributed by atoms with Crippen molar-refractivity contribution >= 4 is 57.9 Å². The van der Waals surface area contributed by atoms with Crippen molar-refractivity contribution in [3.63, 3.8) is 0 Å². The first-order valence-corrected chi connectivity index (χ1v) is 8.81. The Kier molecular flexibility index (Phi) is 4.99. The number of hydrogen-bond donors (Lipinski definition) is 0. The highest BCUT2D eigenvalue weighted by Gasteiger charge is 2.36. The molecule has 1 amide bonds. The van der Waals surface area contributed by atoms with Gasteiger partial charge in [-0.2, -0.15) is 0 Å². The molecule has 1 fully saturated rings. The van der Waals surface area contributed by atoms with Crippen LogP contribution in [0, 0.1) is 0 Å². The number of amides is 1. The molecule has 5 nitrogen and oxygen atoms in total.